The quantitative estimate of drug-likeness (QED) is 0.117. The van der Waals surface area contributed by atoms with Crippen molar-refractivity contribution in [1.82, 2.24) is 9.97 Å². The van der Waals surface area contributed by atoms with Crippen LogP contribution in [0.3, 0.4) is 0 Å². The molecule has 0 aliphatic heterocycles. The molecule has 0 fully saturated rings. The molecule has 0 amide bonds. The second-order valence-corrected chi connectivity index (χ2v) is 11.5. The van der Waals surface area contributed by atoms with E-state index >= 15 is 0 Å². The number of hydrogen-bond acceptors (Lipinski definition) is 4. The Morgan fingerprint density at radius 2 is 1.00 bits per heavy atom. The second kappa shape index (κ2) is 12.7. The van der Waals surface area contributed by atoms with Crippen LogP contribution < -0.4 is 9.47 Å². The highest BCUT2D eigenvalue weighted by Gasteiger charge is 2.39. The van der Waals surface area contributed by atoms with Gasteiger partial charge in [-0.25, -0.2) is 9.97 Å². The Hall–Kier alpha value is -4.93. The van der Waals surface area contributed by atoms with E-state index in [1.54, 1.807) is 12.3 Å². The molecule has 0 N–H and O–H groups in total. The van der Waals surface area contributed by atoms with Crippen LogP contribution in [0.15, 0.2) is 152 Å². The van der Waals surface area contributed by atoms with E-state index in [-0.39, 0.29) is 10.7 Å². The van der Waals surface area contributed by atoms with Crippen molar-refractivity contribution in [2.75, 3.05) is 0 Å². The van der Waals surface area contributed by atoms with Crippen LogP contribution in [-0.4, -0.2) is 9.97 Å². The van der Waals surface area contributed by atoms with Crippen molar-refractivity contribution < 1.29 is 9.47 Å². The van der Waals surface area contributed by atoms with Gasteiger partial charge in [-0.15, -0.1) is 0 Å². The molecule has 4 nitrogen and oxygen atoms in total. The normalized spacial score (nSPS) is 11.6. The van der Waals surface area contributed by atoms with E-state index in [9.17, 15) is 0 Å². The summed E-state index contributed by atoms with van der Waals surface area (Å²) in [7, 11) is 0. The van der Waals surface area contributed by atoms with Crippen molar-refractivity contribution >= 4 is 11.6 Å². The van der Waals surface area contributed by atoms with E-state index in [1.165, 1.54) is 11.1 Å². The Bertz CT molecular complexity index is 1700. The van der Waals surface area contributed by atoms with Crippen LogP contribution in [0.5, 0.6) is 11.5 Å². The summed E-state index contributed by atoms with van der Waals surface area (Å²) in [5.74, 6) is 1.55. The van der Waals surface area contributed by atoms with Crippen LogP contribution in [0.2, 0.25) is 5.28 Å². The summed E-state index contributed by atoms with van der Waals surface area (Å²) < 4.78 is 13.0. The molecule has 218 valence electrons. The van der Waals surface area contributed by atoms with Crippen molar-refractivity contribution in [2.45, 2.75) is 31.5 Å². The lowest BCUT2D eigenvalue weighted by Crippen LogP contribution is -2.36. The molecule has 0 saturated heterocycles. The average molecular weight is 597 g/mol. The summed E-state index contributed by atoms with van der Waals surface area (Å²) in [6, 6.07) is 49.7. The van der Waals surface area contributed by atoms with Gasteiger partial charge in [0.2, 0.25) is 5.28 Å². The number of hydrogen-bond donors (Lipinski definition) is 0. The zero-order valence-electron chi connectivity index (χ0n) is 24.7. The molecule has 6 aromatic rings. The summed E-state index contributed by atoms with van der Waals surface area (Å²) in [6.07, 6.45) is 1.63. The first kappa shape index (κ1) is 29.2. The van der Waals surface area contributed by atoms with Crippen LogP contribution >= 0.6 is 11.6 Å². The van der Waals surface area contributed by atoms with Gasteiger partial charge in [0.1, 0.15) is 18.1 Å². The summed E-state index contributed by atoms with van der Waals surface area (Å²) in [5, 5.41) is 0.213. The predicted molar refractivity (Wildman–Crippen MR) is 176 cm³/mol. The molecule has 0 atom stereocenters. The van der Waals surface area contributed by atoms with Crippen LogP contribution in [0, 0.1) is 0 Å². The highest BCUT2D eigenvalue weighted by molar-refractivity contribution is 6.28. The number of rotatable bonds is 10. The monoisotopic (exact) mass is 596 g/mol. The van der Waals surface area contributed by atoms with Crippen molar-refractivity contribution in [1.29, 1.82) is 0 Å². The van der Waals surface area contributed by atoms with E-state index in [2.05, 4.69) is 133 Å². The molecule has 0 unspecified atom stereocenters. The minimum absolute atomic E-state index is 0.213. The first-order valence-corrected chi connectivity index (χ1v) is 15.0. The molecule has 1 heterocycles. The highest BCUT2D eigenvalue weighted by atomic mass is 35.5. The largest absolute Gasteiger partial charge is 0.487 e. The van der Waals surface area contributed by atoms with Gasteiger partial charge < -0.3 is 9.47 Å². The molecule has 5 aromatic carbocycles. The van der Waals surface area contributed by atoms with Crippen molar-refractivity contribution in [3.8, 4) is 11.5 Å². The first-order valence-electron chi connectivity index (χ1n) is 14.6. The van der Waals surface area contributed by atoms with Gasteiger partial charge in [0.05, 0.1) is 5.69 Å². The zero-order chi connectivity index (χ0) is 30.4. The van der Waals surface area contributed by atoms with Crippen LogP contribution in [0.4, 0.5) is 0 Å². The molecule has 6 rings (SSSR count). The van der Waals surface area contributed by atoms with Crippen molar-refractivity contribution in [3.63, 3.8) is 0 Å². The minimum Gasteiger partial charge on any atom is -0.487 e. The maximum atomic E-state index is 7.09. The molecule has 5 heteroatoms. The summed E-state index contributed by atoms with van der Waals surface area (Å²) >= 11 is 5.90. The SMILES string of the molecule is CC(C)(c1ccc(OCc2ccnc(Cl)n2)cc1)c1ccc(OC(c2ccccc2)(c2ccccc2)c2ccccc2)cc1. The van der Waals surface area contributed by atoms with Gasteiger partial charge in [0.25, 0.3) is 0 Å². The fourth-order valence-electron chi connectivity index (χ4n) is 5.55. The summed E-state index contributed by atoms with van der Waals surface area (Å²) in [4.78, 5) is 8.10. The summed E-state index contributed by atoms with van der Waals surface area (Å²) in [6.45, 7) is 4.77. The lowest BCUT2D eigenvalue weighted by atomic mass is 9.78. The molecule has 0 aliphatic rings. The maximum absolute atomic E-state index is 7.09. The Morgan fingerprint density at radius 3 is 1.45 bits per heavy atom. The van der Waals surface area contributed by atoms with Crippen LogP contribution in [-0.2, 0) is 17.6 Å². The van der Waals surface area contributed by atoms with Gasteiger partial charge in [0.15, 0.2) is 5.60 Å². The molecule has 1 aromatic heterocycles. The number of nitrogens with zero attached hydrogens (tertiary/aromatic N) is 2. The van der Waals surface area contributed by atoms with Crippen molar-refractivity contribution in [3.05, 3.63) is 191 Å². The van der Waals surface area contributed by atoms with E-state index < -0.39 is 5.60 Å². The van der Waals surface area contributed by atoms with E-state index in [1.807, 2.05) is 30.3 Å². The fourth-order valence-corrected chi connectivity index (χ4v) is 5.72. The van der Waals surface area contributed by atoms with Gasteiger partial charge in [-0.1, -0.05) is 129 Å². The second-order valence-electron chi connectivity index (χ2n) is 11.2. The first-order chi connectivity index (χ1) is 21.4. The molecule has 0 radical (unpaired) electrons. The van der Waals surface area contributed by atoms with E-state index in [0.29, 0.717) is 6.61 Å². The third-order valence-corrected chi connectivity index (χ3v) is 8.22. The van der Waals surface area contributed by atoms with E-state index in [0.717, 1.165) is 33.9 Å². The number of halogens is 1. The fraction of sp³-hybridized carbons (Fsp3) is 0.128. The Kier molecular flexibility index (Phi) is 8.44. The number of ether oxygens (including phenoxy) is 2. The lowest BCUT2D eigenvalue weighted by molar-refractivity contribution is 0.155. The van der Waals surface area contributed by atoms with E-state index in [4.69, 9.17) is 21.1 Å². The third kappa shape index (κ3) is 6.08. The van der Waals surface area contributed by atoms with Crippen LogP contribution in [0.1, 0.15) is 47.4 Å². The minimum atomic E-state index is -0.826. The highest BCUT2D eigenvalue weighted by Crippen LogP contribution is 2.42. The standard InChI is InChI=1S/C39H33ClN2O2/c1-38(2,29-18-22-35(23-19-29)43-28-34-26-27-41-37(40)42-34)30-20-24-36(25-21-30)44-39(31-12-6-3-7-13-31,32-14-8-4-9-15-32)33-16-10-5-11-17-33/h3-27H,28H2,1-2H3. The Labute approximate surface area is 264 Å². The van der Waals surface area contributed by atoms with Gasteiger partial charge in [-0.3, -0.25) is 0 Å². The Balaban J connectivity index is 1.27. The van der Waals surface area contributed by atoms with Crippen molar-refractivity contribution in [2.24, 2.45) is 0 Å². The van der Waals surface area contributed by atoms with Gasteiger partial charge in [0, 0.05) is 28.3 Å². The number of benzene rings is 5. The smallest absolute Gasteiger partial charge is 0.222 e. The molecule has 0 spiro atoms. The molecule has 0 saturated carbocycles. The molecule has 0 bridgehead atoms. The molecular weight excluding hydrogens is 564 g/mol. The molecule has 0 aliphatic carbocycles. The van der Waals surface area contributed by atoms with Gasteiger partial charge >= 0.3 is 0 Å². The molecular formula is C39H33ClN2O2. The average Bonchev–Trinajstić information content (AvgIpc) is 3.08. The topological polar surface area (TPSA) is 44.2 Å². The predicted octanol–water partition coefficient (Wildman–Crippen LogP) is 9.41. The maximum Gasteiger partial charge on any atom is 0.222 e. The summed E-state index contributed by atoms with van der Waals surface area (Å²) in [5.41, 5.74) is 5.20. The lowest BCUT2D eigenvalue weighted by Gasteiger charge is -2.36. The van der Waals surface area contributed by atoms with Crippen LogP contribution in [0.25, 0.3) is 0 Å². The Morgan fingerprint density at radius 1 is 0.545 bits per heavy atom. The van der Waals surface area contributed by atoms with Gasteiger partial charge in [-0.2, -0.15) is 0 Å². The zero-order valence-corrected chi connectivity index (χ0v) is 25.5. The van der Waals surface area contributed by atoms with Gasteiger partial charge in [-0.05, 0) is 53.1 Å². The number of aromatic nitrogens is 2. The molecule has 44 heavy (non-hydrogen) atoms. The third-order valence-electron chi connectivity index (χ3n) is 8.03.